The molecule has 0 bridgehead atoms. The second-order valence-electron chi connectivity index (χ2n) is 24.6. The van der Waals surface area contributed by atoms with Crippen molar-refractivity contribution in [2.24, 2.45) is 23.1 Å². The Morgan fingerprint density at radius 1 is 0.438 bits per heavy atom. The number of carbonyl (C=O) groups excluding carboxylic acids is 8. The Morgan fingerprint density at radius 3 is 1.54 bits per heavy atom. The molecule has 0 radical (unpaired) electrons. The molecule has 9 aromatic rings. The van der Waals surface area contributed by atoms with E-state index in [0.717, 1.165) is 43.6 Å². The van der Waals surface area contributed by atoms with Crippen LogP contribution in [0.2, 0.25) is 5.02 Å². The zero-order chi connectivity index (χ0) is 68.3. The molecule has 9 rings (SSSR count). The summed E-state index contributed by atoms with van der Waals surface area (Å²) in [5.74, 6) is -6.57. The molecule has 8 atom stereocenters. The molecule has 96 heavy (non-hydrogen) atoms. The third-order valence-corrected chi connectivity index (χ3v) is 17.3. The van der Waals surface area contributed by atoms with E-state index in [2.05, 4.69) is 42.2 Å². The average Bonchev–Trinajstić information content (AvgIpc) is 1.57. The molecule has 0 aliphatic heterocycles. The number of halogens is 1. The fourth-order valence-corrected chi connectivity index (χ4v) is 11.9. The number of unbranched alkanes of at least 4 members (excludes halogenated alkanes) is 1. The predicted molar refractivity (Wildman–Crippen MR) is 373 cm³/mol. The Bertz CT molecular complexity index is 4180. The lowest BCUT2D eigenvalue weighted by Crippen LogP contribution is -2.61. The second kappa shape index (κ2) is 33.6. The predicted octanol–water partition coefficient (Wildman–Crippen LogP) is 6.58. The number of benzene rings is 8. The monoisotopic (exact) mass is 1320 g/mol. The molecule has 8 amide bonds. The first-order chi connectivity index (χ1) is 46.3. The Labute approximate surface area is 562 Å². The highest BCUT2D eigenvalue weighted by Crippen LogP contribution is 2.24. The topological polar surface area (TPSA) is 335 Å². The first kappa shape index (κ1) is 69.9. The van der Waals surface area contributed by atoms with Crippen LogP contribution in [0.1, 0.15) is 66.5 Å². The molecule has 0 fully saturated rings. The highest BCUT2D eigenvalue weighted by atomic mass is 35.5. The van der Waals surface area contributed by atoms with Crippen LogP contribution < -0.4 is 54.4 Å². The van der Waals surface area contributed by atoms with E-state index in [1.165, 1.54) is 12.1 Å². The standard InChI is InChI=1S/C75H82ClN11O9/c1-45(2)67(75(96)86-65(39-46-15-4-3-5-16-46)71(92)82-62(68(79)89)42-53-21-14-20-51-18-8-9-22-57(51)53)87-70(91)61(25-12-13-36-77)81-74(95)66(43-54-44-80-60-24-11-10-23-58(54)60)85-73(94)64(41-48-29-34-56(88)35-30-48)84-72(93)63(40-47-27-32-55(76)33-28-47)83-69(90)59(78)38-49-26-31-50-17-6-7-19-52(50)37-49/h3-11,14-24,26-35,37,44-45,59,61-67,80,88H,12-13,25,36,38-43,77-78H2,1-2H3,(H2,79,89)(H,81,95)(H,82,92)(H,83,90)(H,84,93)(H,85,94)(H,86,96)(H,87,91)/t59-,61-,62-,63+,64-,65-,66+,67-/m0/s1. The van der Waals surface area contributed by atoms with Gasteiger partial charge in [-0.3, -0.25) is 38.4 Å². The quantitative estimate of drug-likeness (QED) is 0.0200. The lowest BCUT2D eigenvalue weighted by atomic mass is 9.97. The molecule has 0 spiro atoms. The fourth-order valence-electron chi connectivity index (χ4n) is 11.7. The molecule has 21 heteroatoms. The van der Waals surface area contributed by atoms with Crippen LogP contribution in [0.3, 0.4) is 0 Å². The first-order valence-electron chi connectivity index (χ1n) is 32.2. The van der Waals surface area contributed by atoms with E-state index in [1.807, 2.05) is 115 Å². The van der Waals surface area contributed by atoms with E-state index in [4.69, 9.17) is 28.8 Å². The number of hydrogen-bond donors (Lipinski definition) is 12. The van der Waals surface area contributed by atoms with E-state index in [1.54, 1.807) is 80.7 Å². The molecule has 0 saturated heterocycles. The van der Waals surface area contributed by atoms with E-state index in [9.17, 15) is 33.9 Å². The highest BCUT2D eigenvalue weighted by molar-refractivity contribution is 6.30. The maximum absolute atomic E-state index is 15.2. The van der Waals surface area contributed by atoms with Crippen molar-refractivity contribution in [2.45, 2.75) is 120 Å². The number of rotatable bonds is 32. The minimum Gasteiger partial charge on any atom is -0.508 e. The van der Waals surface area contributed by atoms with Crippen molar-refractivity contribution >= 4 is 91.3 Å². The van der Waals surface area contributed by atoms with Gasteiger partial charge in [0.1, 0.15) is 48.0 Å². The number of amides is 8. The zero-order valence-electron chi connectivity index (χ0n) is 53.6. The van der Waals surface area contributed by atoms with E-state index in [-0.39, 0.29) is 57.2 Å². The molecule has 0 unspecified atom stereocenters. The number of nitrogens with two attached hydrogens (primary N) is 3. The summed E-state index contributed by atoms with van der Waals surface area (Å²) in [6, 6.07) is 45.7. The molecular formula is C75H82ClN11O9. The number of nitrogens with one attached hydrogen (secondary N) is 8. The van der Waals surface area contributed by atoms with E-state index in [0.29, 0.717) is 40.1 Å². The van der Waals surface area contributed by atoms with Crippen LogP contribution in [0.4, 0.5) is 0 Å². The van der Waals surface area contributed by atoms with E-state index >= 15 is 9.59 Å². The number of para-hydroxylation sites is 1. The van der Waals surface area contributed by atoms with Gasteiger partial charge in [0.25, 0.3) is 0 Å². The number of hydrogen-bond acceptors (Lipinski definition) is 11. The number of phenols is 1. The molecule has 498 valence electrons. The summed E-state index contributed by atoms with van der Waals surface area (Å²) < 4.78 is 0. The van der Waals surface area contributed by atoms with Gasteiger partial charge in [0.05, 0.1) is 6.04 Å². The van der Waals surface area contributed by atoms with Crippen molar-refractivity contribution in [3.8, 4) is 5.75 Å². The van der Waals surface area contributed by atoms with Crippen LogP contribution in [0.15, 0.2) is 194 Å². The van der Waals surface area contributed by atoms with Gasteiger partial charge in [-0.05, 0) is 123 Å². The molecule has 15 N–H and O–H groups in total. The van der Waals surface area contributed by atoms with Gasteiger partial charge in [0.2, 0.25) is 47.3 Å². The maximum Gasteiger partial charge on any atom is 0.243 e. The number of phenolic OH excluding ortho intramolecular Hbond substituents is 1. The number of primary amides is 1. The van der Waals surface area contributed by atoms with Crippen molar-refractivity contribution in [1.82, 2.24) is 42.2 Å². The van der Waals surface area contributed by atoms with Crippen molar-refractivity contribution in [2.75, 3.05) is 6.54 Å². The summed E-state index contributed by atoms with van der Waals surface area (Å²) in [4.78, 5) is 120. The van der Waals surface area contributed by atoms with Crippen LogP contribution in [0.25, 0.3) is 32.4 Å². The number of H-pyrrole nitrogens is 1. The smallest absolute Gasteiger partial charge is 0.243 e. The van der Waals surface area contributed by atoms with Gasteiger partial charge >= 0.3 is 0 Å². The molecule has 0 aliphatic rings. The minimum absolute atomic E-state index is 0.000288. The van der Waals surface area contributed by atoms with Crippen molar-refractivity contribution in [3.05, 3.63) is 233 Å². The number of aromatic nitrogens is 1. The first-order valence-corrected chi connectivity index (χ1v) is 32.6. The van der Waals surface area contributed by atoms with Gasteiger partial charge in [-0.25, -0.2) is 0 Å². The Kier molecular flexibility index (Phi) is 24.5. The van der Waals surface area contributed by atoms with Crippen LogP contribution >= 0.6 is 11.6 Å². The summed E-state index contributed by atoms with van der Waals surface area (Å²) in [6.07, 6.45) is 2.46. The van der Waals surface area contributed by atoms with Gasteiger partial charge in [0, 0.05) is 54.2 Å². The average molecular weight is 1320 g/mol. The second-order valence-corrected chi connectivity index (χ2v) is 25.0. The molecule has 8 aromatic carbocycles. The Balaban J connectivity index is 0.963. The molecule has 1 heterocycles. The number of aromatic amines is 1. The third kappa shape index (κ3) is 19.4. The van der Waals surface area contributed by atoms with Crippen LogP contribution in [-0.4, -0.2) is 112 Å². The minimum atomic E-state index is -1.43. The number of carbonyl (C=O) groups is 8. The van der Waals surface area contributed by atoms with E-state index < -0.39 is 102 Å². The molecule has 20 nitrogen and oxygen atoms in total. The summed E-state index contributed by atoms with van der Waals surface area (Å²) in [6.45, 7) is 3.68. The normalized spacial score (nSPS) is 13.9. The third-order valence-electron chi connectivity index (χ3n) is 17.0. The molecule has 0 aliphatic carbocycles. The van der Waals surface area contributed by atoms with Crippen molar-refractivity contribution in [3.63, 3.8) is 0 Å². The van der Waals surface area contributed by atoms with Crippen LogP contribution in [0, 0.1) is 5.92 Å². The Hall–Kier alpha value is -10.4. The largest absolute Gasteiger partial charge is 0.508 e. The summed E-state index contributed by atoms with van der Waals surface area (Å²) in [5.41, 5.74) is 23.2. The molecular weight excluding hydrogens is 1230 g/mol. The van der Waals surface area contributed by atoms with Crippen molar-refractivity contribution < 1.29 is 43.5 Å². The summed E-state index contributed by atoms with van der Waals surface area (Å²) >= 11 is 6.27. The maximum atomic E-state index is 15.2. The molecule has 1 aromatic heterocycles. The highest BCUT2D eigenvalue weighted by Gasteiger charge is 2.36. The van der Waals surface area contributed by atoms with Crippen LogP contribution in [0.5, 0.6) is 5.75 Å². The van der Waals surface area contributed by atoms with Gasteiger partial charge in [0.15, 0.2) is 0 Å². The summed E-state index contributed by atoms with van der Waals surface area (Å²) in [5, 5.41) is 35.2. The summed E-state index contributed by atoms with van der Waals surface area (Å²) in [7, 11) is 0. The van der Waals surface area contributed by atoms with Gasteiger partial charge in [-0.15, -0.1) is 0 Å². The zero-order valence-corrected chi connectivity index (χ0v) is 54.3. The lowest BCUT2D eigenvalue weighted by molar-refractivity contribution is -0.136. The van der Waals surface area contributed by atoms with Crippen molar-refractivity contribution in [1.29, 1.82) is 0 Å². The van der Waals surface area contributed by atoms with Crippen LogP contribution in [-0.2, 0) is 76.9 Å². The number of fused-ring (bicyclic) bond motifs is 3. The SMILES string of the molecule is CC(C)[C@H](NC(=O)[C@H](CCCCN)NC(=O)[C@@H](Cc1c[nH]c2ccccc12)NC(=O)[C@H](Cc1ccc(O)cc1)NC(=O)[C@@H](Cc1ccc(Cl)cc1)NC(=O)[C@@H](N)Cc1ccc2ccccc2c1)C(=O)N[C@@H](Cc1ccccc1)C(=O)N[C@@H](Cc1cccc2ccccc12)C(N)=O. The lowest BCUT2D eigenvalue weighted by Gasteiger charge is -2.29. The van der Waals surface area contributed by atoms with Gasteiger partial charge in [-0.2, -0.15) is 0 Å². The molecule has 0 saturated carbocycles. The van der Waals surface area contributed by atoms with Gasteiger partial charge in [-0.1, -0.05) is 183 Å². The number of aromatic hydroxyl groups is 1. The Morgan fingerprint density at radius 2 is 0.917 bits per heavy atom. The fraction of sp³-hybridized carbons (Fsp3) is 0.280. The van der Waals surface area contributed by atoms with Gasteiger partial charge < -0.3 is 64.5 Å².